The van der Waals surface area contributed by atoms with E-state index in [0.29, 0.717) is 0 Å². The van der Waals surface area contributed by atoms with Crippen LogP contribution in [0.4, 0.5) is 0 Å². The molecule has 3 atom stereocenters. The molecule has 0 aromatic carbocycles. The standard InChI is InChI=1S/C11H22S/c1-4-10-7-6-9(3)8-11(10)12-5-2/h9-11H,4-8H2,1-3H3/t9-,10-,11+/m1/s1. The van der Waals surface area contributed by atoms with Crippen LogP contribution in [-0.2, 0) is 0 Å². The van der Waals surface area contributed by atoms with Crippen molar-refractivity contribution in [3.63, 3.8) is 0 Å². The van der Waals surface area contributed by atoms with E-state index in [2.05, 4.69) is 32.5 Å². The molecule has 0 saturated heterocycles. The smallest absolute Gasteiger partial charge is 0.00776 e. The second-order valence-electron chi connectivity index (χ2n) is 4.08. The molecule has 0 heterocycles. The second-order valence-corrected chi connectivity index (χ2v) is 5.60. The normalized spacial score (nSPS) is 36.8. The molecule has 0 aliphatic heterocycles. The molecule has 0 spiro atoms. The first-order valence-electron chi connectivity index (χ1n) is 5.39. The van der Waals surface area contributed by atoms with Gasteiger partial charge in [0.05, 0.1) is 0 Å². The Morgan fingerprint density at radius 3 is 2.58 bits per heavy atom. The molecule has 0 aromatic rings. The zero-order valence-electron chi connectivity index (χ0n) is 8.68. The highest BCUT2D eigenvalue weighted by molar-refractivity contribution is 7.99. The van der Waals surface area contributed by atoms with Gasteiger partial charge < -0.3 is 0 Å². The van der Waals surface area contributed by atoms with Crippen LogP contribution in [0, 0.1) is 11.8 Å². The van der Waals surface area contributed by atoms with Crippen LogP contribution < -0.4 is 0 Å². The van der Waals surface area contributed by atoms with E-state index in [1.54, 1.807) is 0 Å². The predicted octanol–water partition coefficient (Wildman–Crippen LogP) is 3.95. The highest BCUT2D eigenvalue weighted by Crippen LogP contribution is 2.37. The second kappa shape index (κ2) is 5.16. The fourth-order valence-electron chi connectivity index (χ4n) is 2.28. The third-order valence-corrected chi connectivity index (χ3v) is 4.43. The van der Waals surface area contributed by atoms with Crippen LogP contribution in [0.25, 0.3) is 0 Å². The first-order chi connectivity index (χ1) is 5.77. The highest BCUT2D eigenvalue weighted by atomic mass is 32.2. The number of thioether (sulfide) groups is 1. The summed E-state index contributed by atoms with van der Waals surface area (Å²) in [7, 11) is 0. The fraction of sp³-hybridized carbons (Fsp3) is 1.00. The topological polar surface area (TPSA) is 0 Å². The first-order valence-corrected chi connectivity index (χ1v) is 6.44. The maximum atomic E-state index is 2.41. The average Bonchev–Trinajstić information content (AvgIpc) is 2.05. The van der Waals surface area contributed by atoms with Crippen molar-refractivity contribution in [3.8, 4) is 0 Å². The SMILES string of the molecule is CCS[C@H]1C[C@H](C)CC[C@H]1CC. The van der Waals surface area contributed by atoms with Gasteiger partial charge in [-0.2, -0.15) is 11.8 Å². The number of rotatable bonds is 3. The van der Waals surface area contributed by atoms with Gasteiger partial charge in [0.25, 0.3) is 0 Å². The van der Waals surface area contributed by atoms with Crippen LogP contribution in [0.3, 0.4) is 0 Å². The summed E-state index contributed by atoms with van der Waals surface area (Å²) in [5, 5.41) is 0.976. The van der Waals surface area contributed by atoms with E-state index in [-0.39, 0.29) is 0 Å². The molecular weight excluding hydrogens is 164 g/mol. The van der Waals surface area contributed by atoms with Gasteiger partial charge in [0.1, 0.15) is 0 Å². The molecule has 0 radical (unpaired) electrons. The Kier molecular flexibility index (Phi) is 4.49. The van der Waals surface area contributed by atoms with Crippen LogP contribution >= 0.6 is 11.8 Å². The predicted molar refractivity (Wildman–Crippen MR) is 58.7 cm³/mol. The van der Waals surface area contributed by atoms with Gasteiger partial charge in [-0.15, -0.1) is 0 Å². The molecule has 0 aromatic heterocycles. The molecule has 72 valence electrons. The van der Waals surface area contributed by atoms with Gasteiger partial charge in [0.2, 0.25) is 0 Å². The van der Waals surface area contributed by atoms with Gasteiger partial charge in [-0.05, 0) is 30.4 Å². The first kappa shape index (κ1) is 10.4. The van der Waals surface area contributed by atoms with Crippen molar-refractivity contribution in [2.45, 2.75) is 51.7 Å². The Morgan fingerprint density at radius 1 is 1.25 bits per heavy atom. The Hall–Kier alpha value is 0.350. The lowest BCUT2D eigenvalue weighted by atomic mass is 9.81. The minimum absolute atomic E-state index is 0.976. The van der Waals surface area contributed by atoms with Crippen LogP contribution in [0.15, 0.2) is 0 Å². The summed E-state index contributed by atoms with van der Waals surface area (Å²) in [5.74, 6) is 3.30. The maximum absolute atomic E-state index is 2.41. The summed E-state index contributed by atoms with van der Waals surface area (Å²) < 4.78 is 0. The molecule has 0 bridgehead atoms. The molecule has 12 heavy (non-hydrogen) atoms. The molecule has 1 saturated carbocycles. The molecule has 0 N–H and O–H groups in total. The molecule has 1 fully saturated rings. The number of hydrogen-bond donors (Lipinski definition) is 0. The van der Waals surface area contributed by atoms with Crippen LogP contribution in [0.1, 0.15) is 46.5 Å². The van der Waals surface area contributed by atoms with Crippen molar-refractivity contribution in [2.24, 2.45) is 11.8 Å². The average molecular weight is 186 g/mol. The quantitative estimate of drug-likeness (QED) is 0.643. The molecule has 1 aliphatic rings. The zero-order valence-corrected chi connectivity index (χ0v) is 9.49. The summed E-state index contributed by atoms with van der Waals surface area (Å²) in [6.07, 6.45) is 5.82. The Morgan fingerprint density at radius 2 is 2.00 bits per heavy atom. The van der Waals surface area contributed by atoms with E-state index in [9.17, 15) is 0 Å². The van der Waals surface area contributed by atoms with Crippen molar-refractivity contribution in [1.82, 2.24) is 0 Å². The van der Waals surface area contributed by atoms with Crippen molar-refractivity contribution in [3.05, 3.63) is 0 Å². The van der Waals surface area contributed by atoms with Crippen molar-refractivity contribution in [1.29, 1.82) is 0 Å². The Balaban J connectivity index is 2.40. The summed E-state index contributed by atoms with van der Waals surface area (Å²) in [4.78, 5) is 0. The van der Waals surface area contributed by atoms with Crippen molar-refractivity contribution >= 4 is 11.8 Å². The largest absolute Gasteiger partial charge is 0.159 e. The molecule has 1 heteroatoms. The minimum atomic E-state index is 0.976. The summed E-state index contributed by atoms with van der Waals surface area (Å²) >= 11 is 2.19. The van der Waals surface area contributed by atoms with Gasteiger partial charge in [0.15, 0.2) is 0 Å². The lowest BCUT2D eigenvalue weighted by Crippen LogP contribution is -2.25. The van der Waals surface area contributed by atoms with Gasteiger partial charge in [-0.25, -0.2) is 0 Å². The molecule has 1 rings (SSSR count). The number of hydrogen-bond acceptors (Lipinski definition) is 1. The van der Waals surface area contributed by atoms with E-state index in [4.69, 9.17) is 0 Å². The fourth-order valence-corrected chi connectivity index (χ4v) is 3.77. The van der Waals surface area contributed by atoms with E-state index in [0.717, 1.165) is 17.1 Å². The highest BCUT2D eigenvalue weighted by Gasteiger charge is 2.26. The summed E-state index contributed by atoms with van der Waals surface area (Å²) in [5.41, 5.74) is 0. The van der Waals surface area contributed by atoms with Crippen molar-refractivity contribution < 1.29 is 0 Å². The third-order valence-electron chi connectivity index (χ3n) is 3.10. The van der Waals surface area contributed by atoms with E-state index in [1.807, 2.05) is 0 Å². The van der Waals surface area contributed by atoms with Gasteiger partial charge in [-0.1, -0.05) is 33.6 Å². The van der Waals surface area contributed by atoms with E-state index >= 15 is 0 Å². The lowest BCUT2D eigenvalue weighted by molar-refractivity contribution is 0.294. The van der Waals surface area contributed by atoms with E-state index in [1.165, 1.54) is 31.4 Å². The molecule has 0 amide bonds. The van der Waals surface area contributed by atoms with E-state index < -0.39 is 0 Å². The monoisotopic (exact) mass is 186 g/mol. The van der Waals surface area contributed by atoms with Gasteiger partial charge in [0, 0.05) is 5.25 Å². The zero-order chi connectivity index (χ0) is 8.97. The molecular formula is C11H22S. The van der Waals surface area contributed by atoms with Gasteiger partial charge >= 0.3 is 0 Å². The Labute approximate surface area is 81.5 Å². The maximum Gasteiger partial charge on any atom is 0.00776 e. The Bertz CT molecular complexity index is 122. The summed E-state index contributed by atoms with van der Waals surface area (Å²) in [6, 6.07) is 0. The minimum Gasteiger partial charge on any atom is -0.159 e. The van der Waals surface area contributed by atoms with Crippen molar-refractivity contribution in [2.75, 3.05) is 5.75 Å². The molecule has 1 aliphatic carbocycles. The lowest BCUT2D eigenvalue weighted by Gasteiger charge is -2.33. The van der Waals surface area contributed by atoms with Crippen LogP contribution in [0.2, 0.25) is 0 Å². The van der Waals surface area contributed by atoms with Crippen LogP contribution in [-0.4, -0.2) is 11.0 Å². The molecule has 0 unspecified atom stereocenters. The van der Waals surface area contributed by atoms with Gasteiger partial charge in [-0.3, -0.25) is 0 Å². The third kappa shape index (κ3) is 2.69. The van der Waals surface area contributed by atoms with Crippen LogP contribution in [0.5, 0.6) is 0 Å². The summed E-state index contributed by atoms with van der Waals surface area (Å²) in [6.45, 7) is 7.05. The molecule has 0 nitrogen and oxygen atoms in total.